The van der Waals surface area contributed by atoms with Crippen molar-refractivity contribution in [1.82, 2.24) is 0 Å². The monoisotopic (exact) mass is 1200 g/mol. The fraction of sp³-hybridized carbons (Fsp3) is 0.455. The maximum Gasteiger partial charge on any atom is 2.00 e. The quantitative estimate of drug-likeness (QED) is 0.165. The summed E-state index contributed by atoms with van der Waals surface area (Å²) in [5.41, 5.74) is 3.12. The van der Waals surface area contributed by atoms with Crippen LogP contribution in [-0.2, 0) is 94.0 Å². The number of halogens is 6. The molecule has 8 nitrogen and oxygen atoms in total. The smallest absolute Gasteiger partial charge is 0.481 e. The predicted molar refractivity (Wildman–Crippen MR) is 227 cm³/mol. The van der Waals surface area contributed by atoms with E-state index < -0.39 is 40.4 Å². The number of hydrogen-bond acceptors (Lipinski definition) is 6. The molecular weight excluding hydrogens is 1150 g/mol. The van der Waals surface area contributed by atoms with Crippen LogP contribution < -0.4 is 0 Å². The van der Waals surface area contributed by atoms with Gasteiger partial charge in [-0.15, -0.1) is 11.8 Å². The minimum Gasteiger partial charge on any atom is -0.481 e. The summed E-state index contributed by atoms with van der Waals surface area (Å²) in [6, 6.07) is 0.510. The van der Waals surface area contributed by atoms with Crippen molar-refractivity contribution in [3.63, 3.8) is 0 Å². The van der Waals surface area contributed by atoms with Gasteiger partial charge in [0, 0.05) is 57.0 Å². The standard InChI is InChI=1S/2C15H23NOSi.2C5H5.2C2HF3O2.2Fe.2Pd/c2*1-15(2,3)13-10-17-14(16-13)11-8-7-9-12(11)18(4,5)6;2*1-2-4-5-3-1;2*3-2(4,5)1(6)7;;;;/h2*7,9,13H,10H2,1-6H3;2*1-5H;2*(H,6,7);;;;/q2*-1;;;;;2*+2;;/t2*13-;;;;;;;;/m11......../s1. The minimum atomic E-state index is -5.08. The Kier molecular flexibility index (Phi) is 34.8. The van der Waals surface area contributed by atoms with Crippen molar-refractivity contribution in [3.8, 4) is 0 Å². The molecule has 2 atom stereocenters. The molecular formula is C44H58F6Fe2N2O6Pd2Si2+2. The molecule has 4 fully saturated rings. The van der Waals surface area contributed by atoms with Gasteiger partial charge >= 0.3 is 58.4 Å². The number of carbonyl (C=O) groups is 2. The van der Waals surface area contributed by atoms with Gasteiger partial charge in [-0.05, 0) is 86.1 Å². The van der Waals surface area contributed by atoms with Gasteiger partial charge in [0.1, 0.15) is 13.2 Å². The molecule has 2 aliphatic heterocycles. The van der Waals surface area contributed by atoms with Crippen molar-refractivity contribution < 1.29 is 131 Å². The zero-order valence-electron chi connectivity index (χ0n) is 37.7. The van der Waals surface area contributed by atoms with Crippen molar-refractivity contribution in [2.45, 2.75) is 105 Å². The molecule has 0 saturated heterocycles. The predicted octanol–water partition coefficient (Wildman–Crippen LogP) is 10.0. The molecule has 2 N–H and O–H groups in total. The van der Waals surface area contributed by atoms with Crippen molar-refractivity contribution in [2.75, 3.05) is 13.2 Å². The molecule has 20 radical (unpaired) electrons. The van der Waals surface area contributed by atoms with Crippen molar-refractivity contribution in [1.29, 1.82) is 0 Å². The number of aliphatic imine (C=N–C) groups is 2. The molecule has 0 aromatic rings. The number of rotatable bonds is 4. The molecule has 0 amide bonds. The van der Waals surface area contributed by atoms with Crippen LogP contribution >= 0.6 is 0 Å². The summed E-state index contributed by atoms with van der Waals surface area (Å²) in [6.07, 6.45) is 24.8. The van der Waals surface area contributed by atoms with E-state index in [1.165, 1.54) is 11.1 Å². The summed E-state index contributed by atoms with van der Waals surface area (Å²) in [5.74, 6) is -1.71. The van der Waals surface area contributed by atoms with Crippen LogP contribution in [0.25, 0.3) is 0 Å². The van der Waals surface area contributed by atoms with E-state index in [0.29, 0.717) is 13.2 Å². The van der Waals surface area contributed by atoms with Crippen LogP contribution in [0.5, 0.6) is 0 Å². The van der Waals surface area contributed by atoms with Crippen LogP contribution in [0, 0.1) is 136 Å². The van der Waals surface area contributed by atoms with E-state index in [1.807, 2.05) is 77.0 Å². The SMILES string of the molecule is CC(C)(C)[C@H]1COC([C]2[C-][CH][CH][C]2[Si](C)(C)C)=N1.CC(C)(C)[C@H]1COC([C]2[C-][CH][CH][C]2[Si](C)(C)C)=N1.O=C(O)C(F)(F)F.O=C(O)C(F)(F)F.[CH]1[CH][CH][CH][CH]1.[CH]1[CH][CH][CH][CH]1.[Fe+2].[Fe+2].[Pd].[Pd]. The fourth-order valence-electron chi connectivity index (χ4n) is 4.89. The van der Waals surface area contributed by atoms with Crippen LogP contribution in [0.2, 0.25) is 39.3 Å². The van der Waals surface area contributed by atoms with Gasteiger partial charge in [-0.1, -0.05) is 93.7 Å². The Bertz CT molecular complexity index is 1260. The topological polar surface area (TPSA) is 118 Å². The van der Waals surface area contributed by atoms with Crippen molar-refractivity contribution >= 4 is 39.9 Å². The molecule has 6 rings (SSSR count). The Morgan fingerprint density at radius 2 is 0.781 bits per heavy atom. The molecule has 6 aliphatic rings. The zero-order chi connectivity index (χ0) is 46.3. The third-order valence-electron chi connectivity index (χ3n) is 8.44. The fourth-order valence-corrected chi connectivity index (χ4v) is 7.92. The number of hydrogen-bond donors (Lipinski definition) is 2. The second kappa shape index (κ2) is 31.5. The van der Waals surface area contributed by atoms with Crippen LogP contribution in [0.3, 0.4) is 0 Å². The van der Waals surface area contributed by atoms with Crippen molar-refractivity contribution in [3.05, 3.63) is 126 Å². The van der Waals surface area contributed by atoms with Crippen LogP contribution in [0.4, 0.5) is 26.3 Å². The maximum absolute atomic E-state index is 10.6. The molecule has 0 spiro atoms. The summed E-state index contributed by atoms with van der Waals surface area (Å²) in [7, 11) is -2.71. The molecule has 4 aliphatic carbocycles. The Balaban J connectivity index is -0.000000362. The van der Waals surface area contributed by atoms with E-state index >= 15 is 0 Å². The molecule has 4 saturated carbocycles. The van der Waals surface area contributed by atoms with Gasteiger partial charge in [-0.2, -0.15) is 26.3 Å². The van der Waals surface area contributed by atoms with E-state index in [2.05, 4.69) is 107 Å². The summed E-state index contributed by atoms with van der Waals surface area (Å²) in [4.78, 5) is 27.3. The van der Waals surface area contributed by atoms with Gasteiger partial charge in [0.2, 0.25) is 0 Å². The number of ether oxygens (including phenoxy) is 2. The van der Waals surface area contributed by atoms with Gasteiger partial charge < -0.3 is 32.5 Å². The first-order valence-electron chi connectivity index (χ1n) is 19.0. The van der Waals surface area contributed by atoms with E-state index in [-0.39, 0.29) is 97.9 Å². The van der Waals surface area contributed by atoms with Crippen LogP contribution in [-0.4, -0.2) is 87.7 Å². The summed E-state index contributed by atoms with van der Waals surface area (Å²) in [6.45, 7) is 28.7. The summed E-state index contributed by atoms with van der Waals surface area (Å²) < 4.78 is 75.1. The molecule has 64 heavy (non-hydrogen) atoms. The van der Waals surface area contributed by atoms with Gasteiger partial charge in [-0.25, -0.2) is 22.4 Å². The zero-order valence-corrected chi connectivity index (χ0v) is 45.0. The first kappa shape index (κ1) is 70.8. The minimum absolute atomic E-state index is 0. The average Bonchev–Trinajstić information content (AvgIpc) is 3.95. The molecule has 0 aromatic heterocycles. The summed E-state index contributed by atoms with van der Waals surface area (Å²) >= 11 is 0. The molecule has 364 valence electrons. The van der Waals surface area contributed by atoms with E-state index in [4.69, 9.17) is 39.3 Å². The van der Waals surface area contributed by atoms with Crippen LogP contribution in [0.1, 0.15) is 41.5 Å². The third kappa shape index (κ3) is 27.4. The molecule has 0 bridgehead atoms. The molecule has 2 heterocycles. The van der Waals surface area contributed by atoms with E-state index in [0.717, 1.165) is 23.6 Å². The van der Waals surface area contributed by atoms with Gasteiger partial charge in [0.05, 0.1) is 12.1 Å². The molecule has 0 aromatic carbocycles. The number of carboxylic acid groups (broad SMARTS) is 2. The number of aliphatic carboxylic acids is 2. The number of carboxylic acids is 2. The molecule has 20 heteroatoms. The largest absolute Gasteiger partial charge is 2.00 e. The van der Waals surface area contributed by atoms with E-state index in [1.54, 1.807) is 0 Å². The normalized spacial score (nSPS) is 21.7. The Morgan fingerprint density at radius 1 is 0.562 bits per heavy atom. The average molecular weight is 1210 g/mol. The summed E-state index contributed by atoms with van der Waals surface area (Å²) in [5, 5.41) is 14.2. The van der Waals surface area contributed by atoms with Gasteiger partial charge in [0.25, 0.3) is 0 Å². The van der Waals surface area contributed by atoms with E-state index in [9.17, 15) is 26.3 Å². The Labute approximate surface area is 432 Å². The number of alkyl halides is 6. The van der Waals surface area contributed by atoms with Crippen molar-refractivity contribution in [2.24, 2.45) is 20.8 Å². The first-order chi connectivity index (χ1) is 27.3. The third-order valence-corrected chi connectivity index (χ3v) is 12.5. The van der Waals surface area contributed by atoms with Crippen LogP contribution in [0.15, 0.2) is 9.98 Å². The Morgan fingerprint density at radius 3 is 0.938 bits per heavy atom. The second-order valence-corrected chi connectivity index (χ2v) is 27.9. The number of nitrogens with zero attached hydrogens (tertiary/aromatic N) is 2. The Hall–Kier alpha value is 0.257. The first-order valence-corrected chi connectivity index (χ1v) is 26.0. The van der Waals surface area contributed by atoms with Gasteiger partial charge in [-0.3, -0.25) is 9.98 Å². The molecule has 0 unspecified atom stereocenters. The maximum atomic E-state index is 10.6. The van der Waals surface area contributed by atoms with Gasteiger partial charge in [0.15, 0.2) is 11.8 Å². The second-order valence-electron chi connectivity index (χ2n) is 17.8.